The number of phenolic OH excluding ortho intramolecular Hbond substituents is 1. The number of carboxylic acid groups (broad SMARTS) is 1. The van der Waals surface area contributed by atoms with E-state index in [2.05, 4.69) is 0 Å². The van der Waals surface area contributed by atoms with Crippen LogP contribution in [-0.4, -0.2) is 23.3 Å². The fraction of sp³-hybridized carbons (Fsp3) is 0.0714. The van der Waals surface area contributed by atoms with E-state index >= 15 is 0 Å². The summed E-state index contributed by atoms with van der Waals surface area (Å²) in [6.07, 6.45) is 0. The second kappa shape index (κ2) is 4.97. The van der Waals surface area contributed by atoms with E-state index in [1.807, 2.05) is 0 Å². The molecule has 0 heterocycles. The van der Waals surface area contributed by atoms with E-state index < -0.39 is 11.8 Å². The van der Waals surface area contributed by atoms with Crippen molar-refractivity contribution in [1.29, 1.82) is 0 Å². The molecule has 0 spiro atoms. The first kappa shape index (κ1) is 12.9. The maximum absolute atomic E-state index is 13.6. The van der Waals surface area contributed by atoms with E-state index in [4.69, 9.17) is 9.84 Å². The largest absolute Gasteiger partial charge is 0.504 e. The van der Waals surface area contributed by atoms with Crippen LogP contribution in [0.3, 0.4) is 0 Å². The third-order valence-corrected chi connectivity index (χ3v) is 2.71. The third kappa shape index (κ3) is 2.49. The Bertz CT molecular complexity index is 637. The Morgan fingerprint density at radius 3 is 2.32 bits per heavy atom. The van der Waals surface area contributed by atoms with Gasteiger partial charge in [0.25, 0.3) is 0 Å². The Morgan fingerprint density at radius 2 is 1.79 bits per heavy atom. The van der Waals surface area contributed by atoms with E-state index in [-0.39, 0.29) is 11.3 Å². The average Bonchev–Trinajstić information content (AvgIpc) is 2.38. The molecule has 98 valence electrons. The van der Waals surface area contributed by atoms with Crippen LogP contribution in [0.5, 0.6) is 11.5 Å². The molecule has 0 aliphatic carbocycles. The molecule has 0 aliphatic rings. The molecule has 19 heavy (non-hydrogen) atoms. The van der Waals surface area contributed by atoms with Crippen LogP contribution < -0.4 is 4.74 Å². The second-order valence-corrected chi connectivity index (χ2v) is 3.89. The number of phenols is 1. The molecule has 0 unspecified atom stereocenters. The molecule has 2 rings (SSSR count). The minimum Gasteiger partial charge on any atom is -0.504 e. The zero-order chi connectivity index (χ0) is 14.0. The molecule has 0 fully saturated rings. The summed E-state index contributed by atoms with van der Waals surface area (Å²) in [5.74, 6) is -1.89. The number of halogens is 1. The molecule has 0 aliphatic heterocycles. The van der Waals surface area contributed by atoms with Gasteiger partial charge < -0.3 is 14.9 Å². The van der Waals surface area contributed by atoms with Crippen molar-refractivity contribution < 1.29 is 24.1 Å². The van der Waals surface area contributed by atoms with Crippen LogP contribution in [0.2, 0.25) is 0 Å². The van der Waals surface area contributed by atoms with Crippen LogP contribution in [0.1, 0.15) is 10.4 Å². The fourth-order valence-corrected chi connectivity index (χ4v) is 1.74. The Balaban J connectivity index is 2.45. The number of carbonyl (C=O) groups is 1. The van der Waals surface area contributed by atoms with Gasteiger partial charge in [-0.15, -0.1) is 0 Å². The smallest absolute Gasteiger partial charge is 0.338 e. The van der Waals surface area contributed by atoms with Crippen molar-refractivity contribution in [1.82, 2.24) is 0 Å². The Labute approximate surface area is 108 Å². The normalized spacial score (nSPS) is 10.2. The van der Waals surface area contributed by atoms with Crippen LogP contribution in [0.4, 0.5) is 4.39 Å². The van der Waals surface area contributed by atoms with Crippen LogP contribution in [0, 0.1) is 5.82 Å². The molecule has 0 bridgehead atoms. The third-order valence-electron chi connectivity index (χ3n) is 2.71. The first-order chi connectivity index (χ1) is 9.02. The van der Waals surface area contributed by atoms with E-state index in [0.717, 1.165) is 6.07 Å². The van der Waals surface area contributed by atoms with Gasteiger partial charge in [0, 0.05) is 0 Å². The number of carboxylic acids is 1. The maximum Gasteiger partial charge on any atom is 0.338 e. The molecule has 0 saturated carbocycles. The number of aromatic hydroxyl groups is 1. The lowest BCUT2D eigenvalue weighted by Gasteiger charge is -2.07. The highest BCUT2D eigenvalue weighted by atomic mass is 19.1. The highest BCUT2D eigenvalue weighted by molar-refractivity contribution is 5.88. The van der Waals surface area contributed by atoms with E-state index in [1.54, 1.807) is 12.1 Å². The van der Waals surface area contributed by atoms with Crippen molar-refractivity contribution in [3.05, 3.63) is 47.8 Å². The fourth-order valence-electron chi connectivity index (χ4n) is 1.74. The first-order valence-corrected chi connectivity index (χ1v) is 5.43. The second-order valence-electron chi connectivity index (χ2n) is 3.89. The van der Waals surface area contributed by atoms with Gasteiger partial charge in [-0.1, -0.05) is 12.1 Å². The summed E-state index contributed by atoms with van der Waals surface area (Å²) in [4.78, 5) is 10.7. The van der Waals surface area contributed by atoms with E-state index in [9.17, 15) is 14.3 Å². The Kier molecular flexibility index (Phi) is 3.37. The quantitative estimate of drug-likeness (QED) is 0.892. The summed E-state index contributed by atoms with van der Waals surface area (Å²) < 4.78 is 18.5. The lowest BCUT2D eigenvalue weighted by molar-refractivity contribution is 0.0692. The van der Waals surface area contributed by atoms with Crippen LogP contribution in [0.15, 0.2) is 36.4 Å². The number of methoxy groups -OCH3 is 1. The molecule has 0 amide bonds. The number of benzene rings is 2. The van der Waals surface area contributed by atoms with Gasteiger partial charge in [0.15, 0.2) is 11.5 Å². The van der Waals surface area contributed by atoms with Crippen LogP contribution in [0.25, 0.3) is 11.1 Å². The summed E-state index contributed by atoms with van der Waals surface area (Å²) in [5, 5.41) is 18.4. The molecule has 0 aromatic heterocycles. The zero-order valence-electron chi connectivity index (χ0n) is 10.1. The number of hydrogen-bond donors (Lipinski definition) is 2. The number of ether oxygens (including phenoxy) is 1. The van der Waals surface area contributed by atoms with Crippen molar-refractivity contribution in [3.8, 4) is 22.6 Å². The maximum atomic E-state index is 13.6. The molecule has 4 nitrogen and oxygen atoms in total. The minimum atomic E-state index is -1.32. The van der Waals surface area contributed by atoms with Gasteiger partial charge >= 0.3 is 5.97 Å². The number of hydrogen-bond acceptors (Lipinski definition) is 3. The summed E-state index contributed by atoms with van der Waals surface area (Å²) in [6.45, 7) is 0. The minimum absolute atomic E-state index is 0.0669. The molecule has 2 aromatic carbocycles. The Morgan fingerprint density at radius 1 is 1.16 bits per heavy atom. The van der Waals surface area contributed by atoms with Crippen LogP contribution in [-0.2, 0) is 0 Å². The van der Waals surface area contributed by atoms with E-state index in [1.165, 1.54) is 25.3 Å². The van der Waals surface area contributed by atoms with Crippen molar-refractivity contribution in [2.24, 2.45) is 0 Å². The predicted octanol–water partition coefficient (Wildman–Crippen LogP) is 2.91. The zero-order valence-corrected chi connectivity index (χ0v) is 10.1. The van der Waals surface area contributed by atoms with Gasteiger partial charge in [0.1, 0.15) is 5.82 Å². The van der Waals surface area contributed by atoms with Crippen molar-refractivity contribution in [3.63, 3.8) is 0 Å². The highest BCUT2D eigenvalue weighted by Crippen LogP contribution is 2.31. The average molecular weight is 262 g/mol. The van der Waals surface area contributed by atoms with Crippen molar-refractivity contribution in [2.75, 3.05) is 7.11 Å². The number of aromatic carboxylic acids is 1. The molecule has 5 heteroatoms. The van der Waals surface area contributed by atoms with Gasteiger partial charge in [-0.2, -0.15) is 0 Å². The monoisotopic (exact) mass is 262 g/mol. The van der Waals surface area contributed by atoms with Gasteiger partial charge in [-0.05, 0) is 35.4 Å². The van der Waals surface area contributed by atoms with Gasteiger partial charge in [-0.25, -0.2) is 9.18 Å². The molecule has 2 N–H and O–H groups in total. The highest BCUT2D eigenvalue weighted by Gasteiger charge is 2.12. The molecule has 0 atom stereocenters. The SMILES string of the molecule is COc1ccc(-c2ccc(C(=O)O)c(F)c2)cc1O. The number of rotatable bonds is 3. The van der Waals surface area contributed by atoms with E-state index in [0.29, 0.717) is 16.9 Å². The van der Waals surface area contributed by atoms with Crippen molar-refractivity contribution in [2.45, 2.75) is 0 Å². The molecular weight excluding hydrogens is 251 g/mol. The van der Waals surface area contributed by atoms with Gasteiger partial charge in [-0.3, -0.25) is 0 Å². The van der Waals surface area contributed by atoms with Gasteiger partial charge in [0.2, 0.25) is 0 Å². The summed E-state index contributed by atoms with van der Waals surface area (Å²) >= 11 is 0. The van der Waals surface area contributed by atoms with Crippen molar-refractivity contribution >= 4 is 5.97 Å². The molecule has 2 aromatic rings. The summed E-state index contributed by atoms with van der Waals surface area (Å²) in [6, 6.07) is 8.41. The lowest BCUT2D eigenvalue weighted by Crippen LogP contribution is -2.00. The molecule has 0 saturated heterocycles. The Hall–Kier alpha value is -2.56. The lowest BCUT2D eigenvalue weighted by atomic mass is 10.0. The summed E-state index contributed by atoms with van der Waals surface area (Å²) in [5.41, 5.74) is 0.649. The van der Waals surface area contributed by atoms with Gasteiger partial charge in [0.05, 0.1) is 12.7 Å². The standard InChI is InChI=1S/C14H11FO4/c1-19-13-5-3-9(7-12(13)16)8-2-4-10(14(17)18)11(15)6-8/h2-7,16H,1H3,(H,17,18). The molecule has 0 radical (unpaired) electrons. The van der Waals surface area contributed by atoms with Crippen LogP contribution >= 0.6 is 0 Å². The topological polar surface area (TPSA) is 66.8 Å². The molecular formula is C14H11FO4. The first-order valence-electron chi connectivity index (χ1n) is 5.43. The summed E-state index contributed by atoms with van der Waals surface area (Å²) in [7, 11) is 1.43. The predicted molar refractivity (Wildman–Crippen MR) is 67.0 cm³/mol.